The SMILES string of the molecule is Cc1ccccc1-n1c(-c2ccc(Cl)cc2)cnc1SCC(=O)c1ccc2c(c1)OCO2. The number of aromatic nitrogens is 2. The second-order valence-corrected chi connectivity index (χ2v) is 8.71. The van der Waals surface area contributed by atoms with Crippen LogP contribution in [0.2, 0.25) is 5.02 Å². The van der Waals surface area contributed by atoms with Crippen molar-refractivity contribution in [1.29, 1.82) is 0 Å². The number of benzene rings is 3. The van der Waals surface area contributed by atoms with E-state index < -0.39 is 0 Å². The van der Waals surface area contributed by atoms with Crippen molar-refractivity contribution in [3.05, 3.63) is 89.1 Å². The molecule has 5 rings (SSSR count). The molecule has 0 spiro atoms. The number of imidazole rings is 1. The number of rotatable bonds is 6. The highest BCUT2D eigenvalue weighted by Gasteiger charge is 2.19. The van der Waals surface area contributed by atoms with Crippen LogP contribution in [0.25, 0.3) is 16.9 Å². The molecule has 5 nitrogen and oxygen atoms in total. The number of nitrogens with zero attached hydrogens (tertiary/aromatic N) is 2. The van der Waals surface area contributed by atoms with Crippen LogP contribution >= 0.6 is 23.4 Å². The fourth-order valence-corrected chi connectivity index (χ4v) is 4.60. The molecule has 1 aromatic heterocycles. The molecule has 0 radical (unpaired) electrons. The van der Waals surface area contributed by atoms with Crippen molar-refractivity contribution in [2.24, 2.45) is 0 Å². The summed E-state index contributed by atoms with van der Waals surface area (Å²) in [5.41, 5.74) is 4.67. The molecule has 4 aromatic rings. The van der Waals surface area contributed by atoms with Crippen LogP contribution in [0, 0.1) is 6.92 Å². The van der Waals surface area contributed by atoms with Crippen molar-refractivity contribution >= 4 is 29.1 Å². The number of ketones is 1. The number of Topliss-reactive ketones (excluding diaryl/α,β-unsaturated/α-hetero) is 1. The molecule has 0 aliphatic carbocycles. The third-order valence-corrected chi connectivity index (χ3v) is 6.46. The molecular formula is C25H19ClN2O3S. The summed E-state index contributed by atoms with van der Waals surface area (Å²) in [5.74, 6) is 1.52. The number of carbonyl (C=O) groups is 1. The average Bonchev–Trinajstić information content (AvgIpc) is 3.45. The van der Waals surface area contributed by atoms with Crippen molar-refractivity contribution < 1.29 is 14.3 Å². The van der Waals surface area contributed by atoms with Gasteiger partial charge in [0.2, 0.25) is 6.79 Å². The summed E-state index contributed by atoms with van der Waals surface area (Å²) in [4.78, 5) is 17.5. The van der Waals surface area contributed by atoms with E-state index in [9.17, 15) is 4.79 Å². The predicted octanol–water partition coefficient (Wildman–Crippen LogP) is 6.20. The highest BCUT2D eigenvalue weighted by Crippen LogP contribution is 2.34. The minimum Gasteiger partial charge on any atom is -0.454 e. The maximum absolute atomic E-state index is 12.9. The number of hydrogen-bond acceptors (Lipinski definition) is 5. The van der Waals surface area contributed by atoms with Crippen LogP contribution in [0.1, 0.15) is 15.9 Å². The first kappa shape index (κ1) is 20.7. The van der Waals surface area contributed by atoms with Gasteiger partial charge in [0.05, 0.1) is 23.3 Å². The van der Waals surface area contributed by atoms with E-state index in [1.807, 2.05) is 42.6 Å². The van der Waals surface area contributed by atoms with Crippen LogP contribution in [-0.4, -0.2) is 27.9 Å². The van der Waals surface area contributed by atoms with E-state index in [-0.39, 0.29) is 18.3 Å². The van der Waals surface area contributed by atoms with Crippen LogP contribution in [0.5, 0.6) is 11.5 Å². The summed E-state index contributed by atoms with van der Waals surface area (Å²) >= 11 is 7.49. The number of thioether (sulfide) groups is 1. The zero-order valence-corrected chi connectivity index (χ0v) is 18.8. The van der Waals surface area contributed by atoms with Crippen molar-refractivity contribution in [2.45, 2.75) is 12.1 Å². The van der Waals surface area contributed by atoms with Gasteiger partial charge in [-0.05, 0) is 48.9 Å². The van der Waals surface area contributed by atoms with E-state index in [0.717, 1.165) is 27.7 Å². The van der Waals surface area contributed by atoms with E-state index >= 15 is 0 Å². The summed E-state index contributed by atoms with van der Waals surface area (Å²) in [7, 11) is 0. The molecule has 0 saturated carbocycles. The Morgan fingerprint density at radius 2 is 1.84 bits per heavy atom. The van der Waals surface area contributed by atoms with Gasteiger partial charge in [-0.2, -0.15) is 0 Å². The molecule has 0 bridgehead atoms. The Morgan fingerprint density at radius 3 is 2.66 bits per heavy atom. The Morgan fingerprint density at radius 1 is 1.06 bits per heavy atom. The van der Waals surface area contributed by atoms with Crippen LogP contribution in [0.4, 0.5) is 0 Å². The molecule has 1 aliphatic rings. The summed E-state index contributed by atoms with van der Waals surface area (Å²) in [6, 6.07) is 21.1. The number of carbonyl (C=O) groups excluding carboxylic acids is 1. The number of fused-ring (bicyclic) bond motifs is 1. The number of ether oxygens (including phenoxy) is 2. The van der Waals surface area contributed by atoms with Crippen molar-refractivity contribution in [3.8, 4) is 28.4 Å². The smallest absolute Gasteiger partial charge is 0.231 e. The molecule has 160 valence electrons. The Kier molecular flexibility index (Phi) is 5.64. The number of hydrogen-bond donors (Lipinski definition) is 0. The van der Waals surface area contributed by atoms with Gasteiger partial charge >= 0.3 is 0 Å². The third-order valence-electron chi connectivity index (χ3n) is 5.25. The Hall–Kier alpha value is -3.22. The van der Waals surface area contributed by atoms with E-state index in [0.29, 0.717) is 22.1 Å². The van der Waals surface area contributed by atoms with E-state index in [1.54, 1.807) is 18.2 Å². The van der Waals surface area contributed by atoms with Gasteiger partial charge < -0.3 is 9.47 Å². The van der Waals surface area contributed by atoms with Crippen LogP contribution in [-0.2, 0) is 0 Å². The van der Waals surface area contributed by atoms with E-state index in [1.165, 1.54) is 11.8 Å². The van der Waals surface area contributed by atoms with Gasteiger partial charge in [0.1, 0.15) is 0 Å². The monoisotopic (exact) mass is 462 g/mol. The molecule has 0 N–H and O–H groups in total. The zero-order chi connectivity index (χ0) is 22.1. The van der Waals surface area contributed by atoms with Gasteiger partial charge in [0.15, 0.2) is 22.4 Å². The molecule has 7 heteroatoms. The molecule has 0 saturated heterocycles. The first-order valence-electron chi connectivity index (χ1n) is 10.1. The predicted molar refractivity (Wildman–Crippen MR) is 126 cm³/mol. The van der Waals surface area contributed by atoms with Gasteiger partial charge in [-0.1, -0.05) is 53.7 Å². The van der Waals surface area contributed by atoms with Gasteiger partial charge in [0.25, 0.3) is 0 Å². The lowest BCUT2D eigenvalue weighted by Crippen LogP contribution is -2.06. The van der Waals surface area contributed by atoms with Gasteiger partial charge in [-0.15, -0.1) is 0 Å². The Labute approximate surface area is 195 Å². The lowest BCUT2D eigenvalue weighted by Gasteiger charge is -2.14. The van der Waals surface area contributed by atoms with Crippen LogP contribution in [0.3, 0.4) is 0 Å². The van der Waals surface area contributed by atoms with Gasteiger partial charge in [-0.3, -0.25) is 9.36 Å². The molecule has 1 aliphatic heterocycles. The highest BCUT2D eigenvalue weighted by molar-refractivity contribution is 7.99. The van der Waals surface area contributed by atoms with Crippen LogP contribution < -0.4 is 9.47 Å². The molecule has 0 unspecified atom stereocenters. The summed E-state index contributed by atoms with van der Waals surface area (Å²) in [5, 5.41) is 1.43. The third kappa shape index (κ3) is 3.99. The Balaban J connectivity index is 1.46. The van der Waals surface area contributed by atoms with Crippen molar-refractivity contribution in [3.63, 3.8) is 0 Å². The highest BCUT2D eigenvalue weighted by atomic mass is 35.5. The van der Waals surface area contributed by atoms with Crippen LogP contribution in [0.15, 0.2) is 78.1 Å². The number of para-hydroxylation sites is 1. The standard InChI is InChI=1S/C25H19ClN2O3S/c1-16-4-2-3-5-20(16)28-21(17-6-9-19(26)10-7-17)13-27-25(28)32-14-22(29)18-8-11-23-24(12-18)31-15-30-23/h2-13H,14-15H2,1H3. The van der Waals surface area contributed by atoms with E-state index in [4.69, 9.17) is 21.1 Å². The first-order chi connectivity index (χ1) is 15.6. The molecule has 0 amide bonds. The topological polar surface area (TPSA) is 53.4 Å². The van der Waals surface area contributed by atoms with E-state index in [2.05, 4.69) is 28.6 Å². The van der Waals surface area contributed by atoms with Gasteiger partial charge in [0, 0.05) is 16.1 Å². The summed E-state index contributed by atoms with van der Waals surface area (Å²) in [6.45, 7) is 2.25. The maximum Gasteiger partial charge on any atom is 0.231 e. The molecular weight excluding hydrogens is 444 g/mol. The number of halogens is 1. The lowest BCUT2D eigenvalue weighted by molar-refractivity contribution is 0.102. The fourth-order valence-electron chi connectivity index (χ4n) is 3.59. The molecule has 0 atom stereocenters. The first-order valence-corrected chi connectivity index (χ1v) is 11.4. The zero-order valence-electron chi connectivity index (χ0n) is 17.2. The molecule has 0 fully saturated rings. The van der Waals surface area contributed by atoms with Crippen molar-refractivity contribution in [1.82, 2.24) is 9.55 Å². The fraction of sp³-hybridized carbons (Fsp3) is 0.120. The quantitative estimate of drug-likeness (QED) is 0.252. The van der Waals surface area contributed by atoms with Crippen molar-refractivity contribution in [2.75, 3.05) is 12.5 Å². The summed E-state index contributed by atoms with van der Waals surface area (Å²) < 4.78 is 12.8. The normalized spacial score (nSPS) is 12.2. The number of aryl methyl sites for hydroxylation is 1. The Bertz CT molecular complexity index is 1300. The van der Waals surface area contributed by atoms with Gasteiger partial charge in [-0.25, -0.2) is 4.98 Å². The largest absolute Gasteiger partial charge is 0.454 e. The average molecular weight is 463 g/mol. The summed E-state index contributed by atoms with van der Waals surface area (Å²) in [6.07, 6.45) is 1.84. The minimum atomic E-state index is 0.000626. The maximum atomic E-state index is 12.9. The minimum absolute atomic E-state index is 0.000626. The molecule has 3 aromatic carbocycles. The lowest BCUT2D eigenvalue weighted by atomic mass is 10.1. The molecule has 2 heterocycles. The molecule has 32 heavy (non-hydrogen) atoms. The second-order valence-electron chi connectivity index (χ2n) is 7.33. The second kappa shape index (κ2) is 8.73.